The summed E-state index contributed by atoms with van der Waals surface area (Å²) < 4.78 is 21.4. The molecule has 2 N–H and O–H groups in total. The summed E-state index contributed by atoms with van der Waals surface area (Å²) in [5, 5.41) is 0. The van der Waals surface area contributed by atoms with E-state index >= 15 is 0 Å². The fourth-order valence-electron chi connectivity index (χ4n) is 3.15. The normalized spacial score (nSPS) is 15.2. The number of carbonyl (C=O) groups excluding carboxylic acids is 4. The Labute approximate surface area is 220 Å². The van der Waals surface area contributed by atoms with Crippen LogP contribution in [0, 0.1) is 23.7 Å². The first-order valence-corrected chi connectivity index (χ1v) is 12.9. The molecule has 0 heterocycles. The van der Waals surface area contributed by atoms with Crippen molar-refractivity contribution < 1.29 is 38.1 Å². The van der Waals surface area contributed by atoms with Crippen molar-refractivity contribution in [2.24, 2.45) is 29.4 Å². The van der Waals surface area contributed by atoms with Crippen molar-refractivity contribution in [1.82, 2.24) is 0 Å². The highest BCUT2D eigenvalue weighted by Gasteiger charge is 2.36. The maximum Gasteiger partial charge on any atom is 0.326 e. The summed E-state index contributed by atoms with van der Waals surface area (Å²) in [5.41, 5.74) is 5.48. The van der Waals surface area contributed by atoms with E-state index in [2.05, 4.69) is 0 Å². The lowest BCUT2D eigenvalue weighted by Crippen LogP contribution is -2.51. The summed E-state index contributed by atoms with van der Waals surface area (Å²) in [7, 11) is 1.23. The molecule has 0 fully saturated rings. The molecular formula is C28H43NO8. The van der Waals surface area contributed by atoms with Crippen molar-refractivity contribution in [3.05, 3.63) is 23.8 Å². The van der Waals surface area contributed by atoms with E-state index in [1.165, 1.54) is 19.2 Å². The summed E-state index contributed by atoms with van der Waals surface area (Å²) >= 11 is 0. The Kier molecular flexibility index (Phi) is 12.8. The number of esters is 4. The van der Waals surface area contributed by atoms with Gasteiger partial charge in [0.1, 0.15) is 5.54 Å². The van der Waals surface area contributed by atoms with Gasteiger partial charge in [-0.3, -0.25) is 19.2 Å². The Morgan fingerprint density at radius 1 is 0.865 bits per heavy atom. The molecule has 0 bridgehead atoms. The fourth-order valence-corrected chi connectivity index (χ4v) is 3.15. The van der Waals surface area contributed by atoms with Crippen LogP contribution in [0.4, 0.5) is 0 Å². The average Bonchev–Trinajstić information content (AvgIpc) is 2.87. The zero-order chi connectivity index (χ0) is 28.3. The Bertz CT molecular complexity index is 944. The van der Waals surface area contributed by atoms with Crippen LogP contribution in [0.25, 0.3) is 0 Å². The number of hydrogen-bond acceptors (Lipinski definition) is 9. The summed E-state index contributed by atoms with van der Waals surface area (Å²) in [6.45, 7) is 12.8. The molecule has 3 unspecified atom stereocenters. The van der Waals surface area contributed by atoms with Gasteiger partial charge in [-0.15, -0.1) is 0 Å². The Morgan fingerprint density at radius 2 is 1.41 bits per heavy atom. The highest BCUT2D eigenvalue weighted by atomic mass is 16.6. The molecule has 9 nitrogen and oxygen atoms in total. The van der Waals surface area contributed by atoms with E-state index in [0.717, 1.165) is 0 Å². The lowest BCUT2D eigenvalue weighted by molar-refractivity contribution is -0.153. The van der Waals surface area contributed by atoms with Crippen LogP contribution in [0.3, 0.4) is 0 Å². The summed E-state index contributed by atoms with van der Waals surface area (Å²) in [6, 6.07) is 4.67. The van der Waals surface area contributed by atoms with E-state index in [1.54, 1.807) is 26.8 Å². The minimum absolute atomic E-state index is 0.00439. The third-order valence-electron chi connectivity index (χ3n) is 6.73. The molecule has 0 saturated carbocycles. The van der Waals surface area contributed by atoms with Gasteiger partial charge in [-0.05, 0) is 36.5 Å². The number of nitrogens with two attached hydrogens (primary N) is 1. The van der Waals surface area contributed by atoms with Gasteiger partial charge in [0, 0.05) is 12.8 Å². The second-order valence-corrected chi connectivity index (χ2v) is 10.0. The van der Waals surface area contributed by atoms with E-state index in [0.29, 0.717) is 18.4 Å². The first-order chi connectivity index (χ1) is 17.3. The van der Waals surface area contributed by atoms with Crippen LogP contribution in [0.5, 0.6) is 11.5 Å². The van der Waals surface area contributed by atoms with Gasteiger partial charge >= 0.3 is 23.9 Å². The second kappa shape index (κ2) is 14.7. The maximum absolute atomic E-state index is 12.6. The number of carbonyl (C=O) groups is 4. The van der Waals surface area contributed by atoms with Gasteiger partial charge < -0.3 is 24.7 Å². The van der Waals surface area contributed by atoms with Crippen LogP contribution < -0.4 is 15.2 Å². The van der Waals surface area contributed by atoms with Crippen LogP contribution >= 0.6 is 0 Å². The van der Waals surface area contributed by atoms with Crippen molar-refractivity contribution in [2.75, 3.05) is 13.7 Å². The summed E-state index contributed by atoms with van der Waals surface area (Å²) in [4.78, 5) is 49.8. The molecule has 0 aliphatic heterocycles. The fraction of sp³-hybridized carbons (Fsp3) is 0.643. The lowest BCUT2D eigenvalue weighted by Gasteiger charge is -2.27. The molecule has 1 aromatic rings. The number of rotatable bonds is 14. The largest absolute Gasteiger partial charge is 0.468 e. The number of hydrogen-bond donors (Lipinski definition) is 1. The second-order valence-electron chi connectivity index (χ2n) is 10.0. The third-order valence-corrected chi connectivity index (χ3v) is 6.73. The van der Waals surface area contributed by atoms with E-state index < -0.39 is 23.4 Å². The monoisotopic (exact) mass is 521 g/mol. The smallest absolute Gasteiger partial charge is 0.326 e. The van der Waals surface area contributed by atoms with Crippen LogP contribution in [0.15, 0.2) is 18.2 Å². The van der Waals surface area contributed by atoms with E-state index in [-0.39, 0.29) is 60.6 Å². The standard InChI is InChI=1S/C28H43NO8/c1-9-18(5)24(30)36-22-12-11-21(15-23(22)37-25(31)19(6)10-2)16-28(29,27(33)34-8)13-14-35-26(32)20(7)17(3)4/h11-12,15,17-20H,9-10,13-14,16,29H2,1-8H3/t18?,19?,20-,28?/m0/s1. The highest BCUT2D eigenvalue weighted by molar-refractivity contribution is 5.81. The number of methoxy groups -OCH3 is 1. The first-order valence-electron chi connectivity index (χ1n) is 12.9. The molecule has 208 valence electrons. The molecule has 0 saturated heterocycles. The van der Waals surface area contributed by atoms with Crippen LogP contribution in [0.2, 0.25) is 0 Å². The van der Waals surface area contributed by atoms with Gasteiger partial charge in [0.15, 0.2) is 11.5 Å². The van der Waals surface area contributed by atoms with Crippen molar-refractivity contribution >= 4 is 23.9 Å². The maximum atomic E-state index is 12.6. The Hall–Kier alpha value is -2.94. The predicted molar refractivity (Wildman–Crippen MR) is 139 cm³/mol. The predicted octanol–water partition coefficient (Wildman–Crippen LogP) is 4.23. The molecular weight excluding hydrogens is 478 g/mol. The number of ether oxygens (including phenoxy) is 4. The number of benzene rings is 1. The molecule has 0 amide bonds. The lowest BCUT2D eigenvalue weighted by atomic mass is 9.88. The quantitative estimate of drug-likeness (QED) is 0.282. The van der Waals surface area contributed by atoms with Gasteiger partial charge in [0.25, 0.3) is 0 Å². The molecule has 4 atom stereocenters. The Balaban J connectivity index is 3.22. The first kappa shape index (κ1) is 32.1. The van der Waals surface area contributed by atoms with Gasteiger partial charge in [0.05, 0.1) is 31.5 Å². The average molecular weight is 522 g/mol. The SMILES string of the molecule is CCC(C)C(=O)Oc1ccc(CC(N)(CCOC(=O)[C@@H](C)C(C)C)C(=O)OC)cc1OC(=O)C(C)CC. The zero-order valence-electron chi connectivity index (χ0n) is 23.4. The third kappa shape index (κ3) is 9.46. The molecule has 0 aliphatic carbocycles. The molecule has 1 aromatic carbocycles. The van der Waals surface area contributed by atoms with E-state index in [4.69, 9.17) is 24.7 Å². The molecule has 37 heavy (non-hydrogen) atoms. The zero-order valence-corrected chi connectivity index (χ0v) is 23.4. The topological polar surface area (TPSA) is 131 Å². The van der Waals surface area contributed by atoms with Crippen LogP contribution in [-0.4, -0.2) is 43.1 Å². The van der Waals surface area contributed by atoms with Crippen molar-refractivity contribution in [1.29, 1.82) is 0 Å². The van der Waals surface area contributed by atoms with E-state index in [9.17, 15) is 19.2 Å². The minimum Gasteiger partial charge on any atom is -0.468 e. The molecule has 1 rings (SSSR count). The summed E-state index contributed by atoms with van der Waals surface area (Å²) in [6.07, 6.45) is 1.19. The van der Waals surface area contributed by atoms with Gasteiger partial charge in [0.2, 0.25) is 0 Å². The molecule has 0 aliphatic rings. The van der Waals surface area contributed by atoms with E-state index in [1.807, 2.05) is 27.7 Å². The molecule has 0 spiro atoms. The van der Waals surface area contributed by atoms with Gasteiger partial charge in [-0.2, -0.15) is 0 Å². The van der Waals surface area contributed by atoms with Crippen LogP contribution in [0.1, 0.15) is 73.3 Å². The van der Waals surface area contributed by atoms with Gasteiger partial charge in [-0.25, -0.2) is 0 Å². The molecule has 0 radical (unpaired) electrons. The van der Waals surface area contributed by atoms with Gasteiger partial charge in [-0.1, -0.05) is 54.5 Å². The highest BCUT2D eigenvalue weighted by Crippen LogP contribution is 2.32. The molecule has 0 aromatic heterocycles. The minimum atomic E-state index is -1.51. The molecule has 9 heteroatoms. The van der Waals surface area contributed by atoms with Crippen molar-refractivity contribution in [3.8, 4) is 11.5 Å². The van der Waals surface area contributed by atoms with Crippen molar-refractivity contribution in [2.45, 2.75) is 79.7 Å². The summed E-state index contributed by atoms with van der Waals surface area (Å²) in [5.74, 6) is -2.69. The van der Waals surface area contributed by atoms with Crippen molar-refractivity contribution in [3.63, 3.8) is 0 Å². The Morgan fingerprint density at radius 3 is 1.89 bits per heavy atom. The van der Waals surface area contributed by atoms with Crippen LogP contribution in [-0.2, 0) is 35.1 Å².